The van der Waals surface area contributed by atoms with Gasteiger partial charge in [-0.3, -0.25) is 0 Å². The smallest absolute Gasteiger partial charge is 0.0536 e. The molecule has 28 heavy (non-hydrogen) atoms. The van der Waals surface area contributed by atoms with Crippen LogP contribution in [0.1, 0.15) is 62.5 Å². The highest BCUT2D eigenvalue weighted by Crippen LogP contribution is 2.34. The summed E-state index contributed by atoms with van der Waals surface area (Å²) in [4.78, 5) is 1.21. The zero-order valence-corrected chi connectivity index (χ0v) is 18.7. The second-order valence-electron chi connectivity index (χ2n) is 9.06. The van der Waals surface area contributed by atoms with Gasteiger partial charge in [-0.05, 0) is 78.2 Å². The molecule has 1 fully saturated rings. The third-order valence-electron chi connectivity index (χ3n) is 5.03. The summed E-state index contributed by atoms with van der Waals surface area (Å²) in [5, 5.41) is 15.1. The minimum atomic E-state index is 0.242. The Morgan fingerprint density at radius 1 is 1.29 bits per heavy atom. The molecule has 1 aliphatic carbocycles. The van der Waals surface area contributed by atoms with E-state index < -0.39 is 0 Å². The predicted molar refractivity (Wildman–Crippen MR) is 123 cm³/mol. The minimum absolute atomic E-state index is 0.242. The largest absolute Gasteiger partial charge is 0.380 e. The average molecular weight is 415 g/mol. The van der Waals surface area contributed by atoms with Crippen molar-refractivity contribution in [2.75, 3.05) is 0 Å². The van der Waals surface area contributed by atoms with E-state index in [1.165, 1.54) is 29.7 Å². The Balaban J connectivity index is 1.74. The van der Waals surface area contributed by atoms with Crippen LogP contribution < -0.4 is 5.32 Å². The number of allylic oxidation sites excluding steroid dienone is 1. The van der Waals surface area contributed by atoms with Crippen molar-refractivity contribution in [3.8, 4) is 0 Å². The highest BCUT2D eigenvalue weighted by Gasteiger charge is 2.22. The quantitative estimate of drug-likeness (QED) is 0.414. The molecule has 3 rings (SSSR count). The van der Waals surface area contributed by atoms with Crippen LogP contribution in [-0.2, 0) is 13.0 Å². The van der Waals surface area contributed by atoms with Crippen LogP contribution in [-0.4, -0.2) is 5.71 Å². The Kier molecular flexibility index (Phi) is 7.00. The van der Waals surface area contributed by atoms with E-state index in [4.69, 9.17) is 17.0 Å². The second-order valence-corrected chi connectivity index (χ2v) is 10.4. The first-order valence-corrected chi connectivity index (χ1v) is 11.4. The van der Waals surface area contributed by atoms with E-state index in [0.29, 0.717) is 12.3 Å². The van der Waals surface area contributed by atoms with Gasteiger partial charge in [-0.25, -0.2) is 0 Å². The van der Waals surface area contributed by atoms with Crippen molar-refractivity contribution in [2.24, 2.45) is 11.3 Å². The van der Waals surface area contributed by atoms with Crippen molar-refractivity contribution in [2.45, 2.75) is 59.4 Å². The molecule has 4 heteroatoms. The summed E-state index contributed by atoms with van der Waals surface area (Å²) < 4.78 is 0. The van der Waals surface area contributed by atoms with Gasteiger partial charge in [0.2, 0.25) is 0 Å². The van der Waals surface area contributed by atoms with E-state index in [2.05, 4.69) is 37.5 Å². The Hall–Kier alpha value is -1.58. The molecular weight excluding hydrogens is 384 g/mol. The van der Waals surface area contributed by atoms with E-state index in [9.17, 15) is 0 Å². The van der Waals surface area contributed by atoms with Crippen LogP contribution in [0.3, 0.4) is 0 Å². The third-order valence-corrected chi connectivity index (χ3v) is 6.41. The van der Waals surface area contributed by atoms with Gasteiger partial charge in [0.1, 0.15) is 0 Å². The van der Waals surface area contributed by atoms with Crippen LogP contribution in [0.25, 0.3) is 5.70 Å². The summed E-state index contributed by atoms with van der Waals surface area (Å²) in [6.45, 7) is 7.34. The van der Waals surface area contributed by atoms with E-state index in [0.717, 1.165) is 35.0 Å². The molecule has 2 nitrogen and oxygen atoms in total. The van der Waals surface area contributed by atoms with Gasteiger partial charge in [0.15, 0.2) is 0 Å². The number of hydrogen-bond acceptors (Lipinski definition) is 3. The first-order chi connectivity index (χ1) is 13.3. The first-order valence-electron chi connectivity index (χ1n) is 10.1. The number of hydrogen-bond donors (Lipinski definition) is 2. The molecule has 0 unspecified atom stereocenters. The lowest BCUT2D eigenvalue weighted by Gasteiger charge is -2.17. The van der Waals surface area contributed by atoms with Crippen molar-refractivity contribution in [1.82, 2.24) is 5.32 Å². The Morgan fingerprint density at radius 2 is 2.04 bits per heavy atom. The topological polar surface area (TPSA) is 35.9 Å². The van der Waals surface area contributed by atoms with Crippen LogP contribution in [0, 0.1) is 16.7 Å². The summed E-state index contributed by atoms with van der Waals surface area (Å²) in [7, 11) is 0. The molecule has 1 aromatic carbocycles. The molecule has 0 aliphatic heterocycles. The fraction of sp³-hybridized carbons (Fsp3) is 0.458. The number of nitrogens with one attached hydrogen (secondary N) is 2. The number of benzene rings is 1. The summed E-state index contributed by atoms with van der Waals surface area (Å²) in [5.41, 5.74) is 4.45. The van der Waals surface area contributed by atoms with Crippen molar-refractivity contribution in [1.29, 1.82) is 5.41 Å². The second kappa shape index (κ2) is 9.28. The Labute approximate surface area is 178 Å². The molecule has 150 valence electrons. The van der Waals surface area contributed by atoms with Crippen LogP contribution in [0.15, 0.2) is 41.8 Å². The standard InChI is InChI=1S/C24H31ClN2S/c1-24(2,3)11-10-20(26)14-22(27-15-19-6-4-5-7-21(19)25)23-13-18(16-28-23)12-17-8-9-17/h4-7,13-14,16-17,26-27H,8-12,15H2,1-3H3/b22-14-,26-20?. The molecule has 1 aromatic heterocycles. The molecule has 0 amide bonds. The van der Waals surface area contributed by atoms with Crippen LogP contribution in [0.5, 0.6) is 0 Å². The lowest BCUT2D eigenvalue weighted by Crippen LogP contribution is -2.14. The molecule has 2 N–H and O–H groups in total. The Morgan fingerprint density at radius 3 is 2.71 bits per heavy atom. The molecule has 1 saturated carbocycles. The molecule has 0 radical (unpaired) electrons. The molecule has 0 bridgehead atoms. The van der Waals surface area contributed by atoms with Gasteiger partial charge < -0.3 is 10.7 Å². The monoisotopic (exact) mass is 414 g/mol. The van der Waals surface area contributed by atoms with Crippen molar-refractivity contribution in [3.63, 3.8) is 0 Å². The minimum Gasteiger partial charge on any atom is -0.380 e. The zero-order valence-electron chi connectivity index (χ0n) is 17.1. The average Bonchev–Trinajstić information content (AvgIpc) is 3.32. The number of halogens is 1. The normalized spacial score (nSPS) is 14.9. The lowest BCUT2D eigenvalue weighted by atomic mass is 9.89. The van der Waals surface area contributed by atoms with Gasteiger partial charge in [-0.2, -0.15) is 0 Å². The van der Waals surface area contributed by atoms with Gasteiger partial charge in [-0.1, -0.05) is 50.6 Å². The maximum atomic E-state index is 8.47. The van der Waals surface area contributed by atoms with Gasteiger partial charge in [-0.15, -0.1) is 11.3 Å². The van der Waals surface area contributed by atoms with Gasteiger partial charge >= 0.3 is 0 Å². The van der Waals surface area contributed by atoms with E-state index in [1.54, 1.807) is 11.3 Å². The summed E-state index contributed by atoms with van der Waals surface area (Å²) in [6.07, 6.45) is 7.75. The maximum Gasteiger partial charge on any atom is 0.0536 e. The molecule has 1 heterocycles. The number of rotatable bonds is 9. The molecule has 0 atom stereocenters. The Bertz CT molecular complexity index is 840. The highest BCUT2D eigenvalue weighted by atomic mass is 35.5. The SMILES string of the molecule is CC(C)(C)CCC(=N)/C=C(\NCc1ccccc1Cl)c1cc(CC2CC2)cs1. The maximum absolute atomic E-state index is 8.47. The molecular formula is C24H31ClN2S. The predicted octanol–water partition coefficient (Wildman–Crippen LogP) is 7.33. The van der Waals surface area contributed by atoms with Crippen molar-refractivity contribution in [3.05, 3.63) is 62.8 Å². The molecule has 1 aliphatic rings. The molecule has 0 spiro atoms. The summed E-state index contributed by atoms with van der Waals surface area (Å²) >= 11 is 8.10. The van der Waals surface area contributed by atoms with E-state index in [-0.39, 0.29) is 5.41 Å². The third kappa shape index (κ3) is 6.79. The zero-order chi connectivity index (χ0) is 20.1. The van der Waals surface area contributed by atoms with Crippen LogP contribution in [0.4, 0.5) is 0 Å². The van der Waals surface area contributed by atoms with Gasteiger partial charge in [0.25, 0.3) is 0 Å². The number of thiophene rings is 1. The summed E-state index contributed by atoms with van der Waals surface area (Å²) in [5.74, 6) is 0.885. The van der Waals surface area contributed by atoms with Gasteiger partial charge in [0, 0.05) is 17.3 Å². The van der Waals surface area contributed by atoms with E-state index >= 15 is 0 Å². The molecule has 0 saturated heterocycles. The van der Waals surface area contributed by atoms with Crippen LogP contribution >= 0.6 is 22.9 Å². The van der Waals surface area contributed by atoms with Crippen LogP contribution in [0.2, 0.25) is 5.02 Å². The fourth-order valence-electron chi connectivity index (χ4n) is 3.08. The van der Waals surface area contributed by atoms with Crippen molar-refractivity contribution >= 4 is 34.3 Å². The fourth-order valence-corrected chi connectivity index (χ4v) is 4.20. The van der Waals surface area contributed by atoms with Gasteiger partial charge in [0.05, 0.1) is 10.6 Å². The lowest BCUT2D eigenvalue weighted by molar-refractivity contribution is 0.386. The first kappa shape index (κ1) is 21.1. The summed E-state index contributed by atoms with van der Waals surface area (Å²) in [6, 6.07) is 10.2. The van der Waals surface area contributed by atoms with E-state index in [1.807, 2.05) is 30.3 Å². The molecule has 2 aromatic rings. The van der Waals surface area contributed by atoms with Crippen molar-refractivity contribution < 1.29 is 0 Å². The highest BCUT2D eigenvalue weighted by molar-refractivity contribution is 7.11.